The summed E-state index contributed by atoms with van der Waals surface area (Å²) in [5.74, 6) is 1.25. The van der Waals surface area contributed by atoms with Gasteiger partial charge in [-0.1, -0.05) is 32.1 Å². The Balaban J connectivity index is 2.48. The molecule has 0 bridgehead atoms. The maximum atomic E-state index is 5.11. The fourth-order valence-corrected chi connectivity index (χ4v) is 1.46. The second-order valence-electron chi connectivity index (χ2n) is 3.63. The molecule has 1 nitrogen and oxygen atoms in total. The minimum atomic E-state index is 0.541. The minimum absolute atomic E-state index is 0.541. The van der Waals surface area contributed by atoms with E-state index in [2.05, 4.69) is 32.1 Å². The van der Waals surface area contributed by atoms with E-state index in [1.54, 1.807) is 7.11 Å². The first-order valence-corrected chi connectivity index (χ1v) is 4.61. The lowest BCUT2D eigenvalue weighted by Crippen LogP contribution is -2.08. The normalized spacial score (nSPS) is 25.2. The predicted octanol–water partition coefficient (Wildman–Crippen LogP) is 2.79. The Morgan fingerprint density at radius 2 is 2.42 bits per heavy atom. The highest BCUT2D eigenvalue weighted by atomic mass is 16.5. The molecule has 0 radical (unpaired) electrons. The molecule has 0 aromatic carbocycles. The lowest BCUT2D eigenvalue weighted by molar-refractivity contribution is 0.173. The molecular weight excluding hydrogens is 148 g/mol. The van der Waals surface area contributed by atoms with Crippen LogP contribution in [-0.4, -0.2) is 13.7 Å². The topological polar surface area (TPSA) is 9.23 Å². The molecule has 0 saturated carbocycles. The number of rotatable bonds is 3. The molecule has 0 amide bonds. The SMILES string of the molecule is COCC(C)C1=CCC(C)C=C1. The van der Waals surface area contributed by atoms with Crippen LogP contribution < -0.4 is 0 Å². The van der Waals surface area contributed by atoms with Gasteiger partial charge in [0.2, 0.25) is 0 Å². The molecule has 0 fully saturated rings. The lowest BCUT2D eigenvalue weighted by Gasteiger charge is -2.16. The number of allylic oxidation sites excluding steroid dienone is 3. The van der Waals surface area contributed by atoms with Crippen LogP contribution in [0, 0.1) is 11.8 Å². The molecule has 12 heavy (non-hydrogen) atoms. The molecule has 0 saturated heterocycles. The molecule has 0 heterocycles. The number of methoxy groups -OCH3 is 1. The summed E-state index contributed by atoms with van der Waals surface area (Å²) >= 11 is 0. The molecule has 0 N–H and O–H groups in total. The van der Waals surface area contributed by atoms with Crippen LogP contribution in [0.1, 0.15) is 20.3 Å². The second-order valence-corrected chi connectivity index (χ2v) is 3.63. The van der Waals surface area contributed by atoms with Crippen molar-refractivity contribution >= 4 is 0 Å². The molecule has 0 aromatic rings. The van der Waals surface area contributed by atoms with E-state index in [0.717, 1.165) is 6.61 Å². The zero-order valence-electron chi connectivity index (χ0n) is 8.21. The van der Waals surface area contributed by atoms with E-state index in [0.29, 0.717) is 11.8 Å². The first-order valence-electron chi connectivity index (χ1n) is 4.61. The lowest BCUT2D eigenvalue weighted by atomic mass is 9.92. The summed E-state index contributed by atoms with van der Waals surface area (Å²) in [7, 11) is 1.76. The highest BCUT2D eigenvalue weighted by Crippen LogP contribution is 2.21. The van der Waals surface area contributed by atoms with Crippen molar-refractivity contribution in [3.05, 3.63) is 23.8 Å². The molecule has 0 aliphatic heterocycles. The quantitative estimate of drug-likeness (QED) is 0.626. The Labute approximate surface area is 75.1 Å². The summed E-state index contributed by atoms with van der Waals surface area (Å²) in [5.41, 5.74) is 1.43. The van der Waals surface area contributed by atoms with Crippen molar-refractivity contribution in [1.82, 2.24) is 0 Å². The van der Waals surface area contributed by atoms with E-state index in [9.17, 15) is 0 Å². The van der Waals surface area contributed by atoms with Gasteiger partial charge in [0, 0.05) is 13.0 Å². The van der Waals surface area contributed by atoms with Gasteiger partial charge in [0.1, 0.15) is 0 Å². The van der Waals surface area contributed by atoms with Crippen LogP contribution >= 0.6 is 0 Å². The third-order valence-corrected chi connectivity index (χ3v) is 2.33. The number of hydrogen-bond donors (Lipinski definition) is 0. The van der Waals surface area contributed by atoms with Crippen LogP contribution in [-0.2, 0) is 4.74 Å². The van der Waals surface area contributed by atoms with Crippen molar-refractivity contribution in [2.45, 2.75) is 20.3 Å². The van der Waals surface area contributed by atoms with Crippen LogP contribution in [0.3, 0.4) is 0 Å². The van der Waals surface area contributed by atoms with E-state index < -0.39 is 0 Å². The maximum Gasteiger partial charge on any atom is 0.0528 e. The zero-order chi connectivity index (χ0) is 8.97. The first-order chi connectivity index (χ1) is 5.74. The maximum absolute atomic E-state index is 5.11. The Kier molecular flexibility index (Phi) is 3.54. The molecule has 1 rings (SSSR count). The standard InChI is InChI=1S/C11H18O/c1-9-4-6-11(7-5-9)10(2)8-12-3/h4,6-7,9-10H,5,8H2,1-3H3. The smallest absolute Gasteiger partial charge is 0.0528 e. The van der Waals surface area contributed by atoms with Gasteiger partial charge in [-0.05, 0) is 17.9 Å². The highest BCUT2D eigenvalue weighted by Gasteiger charge is 2.09. The van der Waals surface area contributed by atoms with Crippen molar-refractivity contribution in [2.75, 3.05) is 13.7 Å². The van der Waals surface area contributed by atoms with Crippen LogP contribution in [0.25, 0.3) is 0 Å². The summed E-state index contributed by atoms with van der Waals surface area (Å²) in [6.45, 7) is 5.27. The molecule has 1 aliphatic rings. The average Bonchev–Trinajstić information content (AvgIpc) is 2.06. The van der Waals surface area contributed by atoms with Crippen molar-refractivity contribution in [3.8, 4) is 0 Å². The van der Waals surface area contributed by atoms with E-state index >= 15 is 0 Å². The van der Waals surface area contributed by atoms with E-state index in [1.807, 2.05) is 0 Å². The van der Waals surface area contributed by atoms with Crippen LogP contribution in [0.4, 0.5) is 0 Å². The van der Waals surface area contributed by atoms with Gasteiger partial charge in [-0.3, -0.25) is 0 Å². The third kappa shape index (κ3) is 2.49. The second kappa shape index (κ2) is 4.46. The predicted molar refractivity (Wildman–Crippen MR) is 52.0 cm³/mol. The molecule has 2 unspecified atom stereocenters. The van der Waals surface area contributed by atoms with Gasteiger partial charge in [-0.15, -0.1) is 0 Å². The Bertz CT molecular complexity index is 191. The molecule has 1 heteroatoms. The number of ether oxygens (including phenoxy) is 1. The fourth-order valence-electron chi connectivity index (χ4n) is 1.46. The highest BCUT2D eigenvalue weighted by molar-refractivity contribution is 5.25. The molecule has 68 valence electrons. The number of hydrogen-bond acceptors (Lipinski definition) is 1. The monoisotopic (exact) mass is 166 g/mol. The first kappa shape index (κ1) is 9.53. The van der Waals surface area contributed by atoms with E-state index in [-0.39, 0.29) is 0 Å². The largest absolute Gasteiger partial charge is 0.384 e. The summed E-state index contributed by atoms with van der Waals surface area (Å²) in [5, 5.41) is 0. The Morgan fingerprint density at radius 1 is 1.67 bits per heavy atom. The Morgan fingerprint density at radius 3 is 2.92 bits per heavy atom. The third-order valence-electron chi connectivity index (χ3n) is 2.33. The zero-order valence-corrected chi connectivity index (χ0v) is 8.21. The molecule has 0 aromatic heterocycles. The summed E-state index contributed by atoms with van der Waals surface area (Å²) in [6, 6.07) is 0. The van der Waals surface area contributed by atoms with Gasteiger partial charge >= 0.3 is 0 Å². The van der Waals surface area contributed by atoms with Crippen molar-refractivity contribution in [2.24, 2.45) is 11.8 Å². The van der Waals surface area contributed by atoms with Gasteiger partial charge in [-0.2, -0.15) is 0 Å². The van der Waals surface area contributed by atoms with E-state index in [4.69, 9.17) is 4.74 Å². The van der Waals surface area contributed by atoms with E-state index in [1.165, 1.54) is 12.0 Å². The average molecular weight is 166 g/mol. The molecule has 1 aliphatic carbocycles. The van der Waals surface area contributed by atoms with Crippen LogP contribution in [0.5, 0.6) is 0 Å². The molecular formula is C11H18O. The van der Waals surface area contributed by atoms with Gasteiger partial charge < -0.3 is 4.74 Å². The van der Waals surface area contributed by atoms with Gasteiger partial charge in [0.05, 0.1) is 6.61 Å². The summed E-state index contributed by atoms with van der Waals surface area (Å²) in [6.07, 6.45) is 8.02. The fraction of sp³-hybridized carbons (Fsp3) is 0.636. The summed E-state index contributed by atoms with van der Waals surface area (Å²) in [4.78, 5) is 0. The molecule has 0 spiro atoms. The van der Waals surface area contributed by atoms with Crippen molar-refractivity contribution in [3.63, 3.8) is 0 Å². The Hall–Kier alpha value is -0.560. The van der Waals surface area contributed by atoms with Crippen molar-refractivity contribution in [1.29, 1.82) is 0 Å². The van der Waals surface area contributed by atoms with Gasteiger partial charge in [0.25, 0.3) is 0 Å². The van der Waals surface area contributed by atoms with Crippen LogP contribution in [0.2, 0.25) is 0 Å². The van der Waals surface area contributed by atoms with Gasteiger partial charge in [0.15, 0.2) is 0 Å². The minimum Gasteiger partial charge on any atom is -0.384 e. The van der Waals surface area contributed by atoms with Gasteiger partial charge in [-0.25, -0.2) is 0 Å². The molecule has 2 atom stereocenters. The van der Waals surface area contributed by atoms with Crippen LogP contribution in [0.15, 0.2) is 23.8 Å². The summed E-state index contributed by atoms with van der Waals surface area (Å²) < 4.78 is 5.11. The van der Waals surface area contributed by atoms with Crippen molar-refractivity contribution < 1.29 is 4.74 Å².